The minimum absolute atomic E-state index is 0.142. The Balaban J connectivity index is 1.63. The van der Waals surface area contributed by atoms with E-state index < -0.39 is 0 Å². The largest absolute Gasteiger partial charge is 0.343 e. The number of likely N-dealkylation sites (tertiary alicyclic amines) is 1. The number of carbonyl (C=O) groups is 1. The first kappa shape index (κ1) is 13.3. The van der Waals surface area contributed by atoms with Gasteiger partial charge in [-0.3, -0.25) is 4.79 Å². The minimum atomic E-state index is 0.142. The van der Waals surface area contributed by atoms with Gasteiger partial charge in [0.1, 0.15) is 0 Å². The lowest BCUT2D eigenvalue weighted by atomic mass is 10.1. The Kier molecular flexibility index (Phi) is 3.82. The van der Waals surface area contributed by atoms with Crippen molar-refractivity contribution in [3.63, 3.8) is 0 Å². The number of rotatable bonds is 3. The van der Waals surface area contributed by atoms with Crippen molar-refractivity contribution in [2.75, 3.05) is 13.1 Å². The predicted octanol–water partition coefficient (Wildman–Crippen LogP) is 2.39. The predicted molar refractivity (Wildman–Crippen MR) is 76.1 cm³/mol. The molecule has 0 bridgehead atoms. The third-order valence-electron chi connectivity index (χ3n) is 3.58. The number of amides is 1. The molecule has 0 N–H and O–H groups in total. The van der Waals surface area contributed by atoms with Crippen molar-refractivity contribution in [1.29, 1.82) is 0 Å². The fourth-order valence-electron chi connectivity index (χ4n) is 2.47. The lowest BCUT2D eigenvalue weighted by Crippen LogP contribution is -2.30. The number of halogens is 1. The van der Waals surface area contributed by atoms with E-state index in [9.17, 15) is 4.79 Å². The highest BCUT2D eigenvalue weighted by atomic mass is 79.9. The molecule has 0 radical (unpaired) electrons. The first-order valence-electron chi connectivity index (χ1n) is 6.51. The monoisotopic (exact) mass is 335 g/mol. The van der Waals surface area contributed by atoms with Gasteiger partial charge in [0, 0.05) is 23.5 Å². The highest BCUT2D eigenvalue weighted by molar-refractivity contribution is 9.10. The zero-order valence-corrected chi connectivity index (χ0v) is 12.4. The van der Waals surface area contributed by atoms with Gasteiger partial charge in [-0.1, -0.05) is 39.3 Å². The zero-order chi connectivity index (χ0) is 13.9. The molecular formula is C14H14BrN3O2. The van der Waals surface area contributed by atoms with Gasteiger partial charge in [0.05, 0.1) is 6.42 Å². The van der Waals surface area contributed by atoms with Gasteiger partial charge >= 0.3 is 0 Å². The number of hydrogen-bond donors (Lipinski definition) is 0. The van der Waals surface area contributed by atoms with Gasteiger partial charge in [0.15, 0.2) is 5.82 Å². The summed E-state index contributed by atoms with van der Waals surface area (Å²) < 4.78 is 5.74. The van der Waals surface area contributed by atoms with Gasteiger partial charge in [-0.15, -0.1) is 0 Å². The summed E-state index contributed by atoms with van der Waals surface area (Å²) in [5.74, 6) is 1.03. The van der Waals surface area contributed by atoms with Crippen LogP contribution in [0.4, 0.5) is 0 Å². The lowest BCUT2D eigenvalue weighted by Gasteiger charge is -2.16. The van der Waals surface area contributed by atoms with Gasteiger partial charge in [0.25, 0.3) is 0 Å². The Morgan fingerprint density at radius 2 is 2.30 bits per heavy atom. The molecule has 1 fully saturated rings. The number of nitrogens with zero attached hydrogens (tertiary/aromatic N) is 3. The molecule has 2 aromatic rings. The minimum Gasteiger partial charge on any atom is -0.343 e. The van der Waals surface area contributed by atoms with E-state index in [-0.39, 0.29) is 11.8 Å². The van der Waals surface area contributed by atoms with Crippen molar-refractivity contribution in [1.82, 2.24) is 15.0 Å². The Morgan fingerprint density at radius 3 is 3.05 bits per heavy atom. The Hall–Kier alpha value is -1.69. The molecule has 5 nitrogen and oxygen atoms in total. The average molecular weight is 336 g/mol. The fraction of sp³-hybridized carbons (Fsp3) is 0.357. The Bertz CT molecular complexity index is 600. The van der Waals surface area contributed by atoms with Gasteiger partial charge in [-0.2, -0.15) is 4.98 Å². The Morgan fingerprint density at radius 1 is 1.45 bits per heavy atom. The quantitative estimate of drug-likeness (QED) is 0.864. The topological polar surface area (TPSA) is 59.2 Å². The molecule has 1 saturated heterocycles. The molecule has 2 heterocycles. The molecule has 0 spiro atoms. The summed E-state index contributed by atoms with van der Waals surface area (Å²) in [4.78, 5) is 18.3. The van der Waals surface area contributed by atoms with Crippen LogP contribution in [-0.4, -0.2) is 34.0 Å². The van der Waals surface area contributed by atoms with E-state index >= 15 is 0 Å². The molecule has 20 heavy (non-hydrogen) atoms. The van der Waals surface area contributed by atoms with Crippen LogP contribution >= 0.6 is 15.9 Å². The number of hydrogen-bond acceptors (Lipinski definition) is 4. The third-order valence-corrected chi connectivity index (χ3v) is 4.36. The molecule has 0 saturated carbocycles. The molecule has 1 atom stereocenters. The third kappa shape index (κ3) is 2.75. The Labute approximate surface area is 125 Å². The fourth-order valence-corrected chi connectivity index (χ4v) is 2.90. The summed E-state index contributed by atoms with van der Waals surface area (Å²) >= 11 is 3.47. The smallest absolute Gasteiger partial charge is 0.227 e. The molecule has 0 unspecified atom stereocenters. The maximum absolute atomic E-state index is 12.3. The lowest BCUT2D eigenvalue weighted by molar-refractivity contribution is -0.129. The van der Waals surface area contributed by atoms with Gasteiger partial charge in [0.2, 0.25) is 12.3 Å². The van der Waals surface area contributed by atoms with E-state index in [4.69, 9.17) is 4.52 Å². The molecular weight excluding hydrogens is 322 g/mol. The molecule has 0 aliphatic carbocycles. The maximum atomic E-state index is 12.3. The number of carbonyl (C=O) groups excluding carboxylic acids is 1. The summed E-state index contributed by atoms with van der Waals surface area (Å²) in [7, 11) is 0. The van der Waals surface area contributed by atoms with E-state index in [1.54, 1.807) is 0 Å². The standard InChI is InChI=1S/C14H14BrN3O2/c15-12-4-2-1-3-10(12)7-13(19)18-6-5-11(8-18)14-16-9-20-17-14/h1-4,9,11H,5-8H2/t11-/m0/s1. The van der Waals surface area contributed by atoms with Crippen LogP contribution in [0.25, 0.3) is 0 Å². The zero-order valence-electron chi connectivity index (χ0n) is 10.8. The molecule has 1 aromatic carbocycles. The second kappa shape index (κ2) is 5.75. The summed E-state index contributed by atoms with van der Waals surface area (Å²) in [6.45, 7) is 1.42. The van der Waals surface area contributed by atoms with Crippen LogP contribution in [0.2, 0.25) is 0 Å². The maximum Gasteiger partial charge on any atom is 0.227 e. The highest BCUT2D eigenvalue weighted by Crippen LogP contribution is 2.25. The molecule has 1 aliphatic heterocycles. The average Bonchev–Trinajstić information content (AvgIpc) is 3.11. The normalized spacial score (nSPS) is 18.4. The van der Waals surface area contributed by atoms with Crippen LogP contribution < -0.4 is 0 Å². The molecule has 3 rings (SSSR count). The number of benzene rings is 1. The second-order valence-electron chi connectivity index (χ2n) is 4.88. The molecule has 1 amide bonds. The van der Waals surface area contributed by atoms with Gasteiger partial charge in [-0.05, 0) is 18.1 Å². The second-order valence-corrected chi connectivity index (χ2v) is 5.74. The van der Waals surface area contributed by atoms with Gasteiger partial charge in [-0.25, -0.2) is 0 Å². The van der Waals surface area contributed by atoms with Crippen molar-refractivity contribution >= 4 is 21.8 Å². The van der Waals surface area contributed by atoms with Crippen molar-refractivity contribution in [3.05, 3.63) is 46.5 Å². The van der Waals surface area contributed by atoms with Crippen molar-refractivity contribution in [2.45, 2.75) is 18.8 Å². The van der Waals surface area contributed by atoms with Crippen LogP contribution in [-0.2, 0) is 11.2 Å². The molecule has 1 aliphatic rings. The van der Waals surface area contributed by atoms with Crippen LogP contribution in [0.3, 0.4) is 0 Å². The summed E-state index contributed by atoms with van der Waals surface area (Å²) in [5, 5.41) is 3.86. The van der Waals surface area contributed by atoms with Crippen molar-refractivity contribution in [2.24, 2.45) is 0 Å². The molecule has 6 heteroatoms. The van der Waals surface area contributed by atoms with E-state index in [0.29, 0.717) is 18.8 Å². The first-order chi connectivity index (χ1) is 9.74. The molecule has 1 aromatic heterocycles. The number of aromatic nitrogens is 2. The summed E-state index contributed by atoms with van der Waals surface area (Å²) in [6, 6.07) is 7.81. The molecule has 104 valence electrons. The first-order valence-corrected chi connectivity index (χ1v) is 7.31. The van der Waals surface area contributed by atoms with Gasteiger partial charge < -0.3 is 9.42 Å². The van der Waals surface area contributed by atoms with Crippen molar-refractivity contribution in [3.8, 4) is 0 Å². The van der Waals surface area contributed by atoms with Crippen LogP contribution in [0.15, 0.2) is 39.7 Å². The van der Waals surface area contributed by atoms with Crippen LogP contribution in [0.5, 0.6) is 0 Å². The van der Waals surface area contributed by atoms with E-state index in [1.165, 1.54) is 6.39 Å². The van der Waals surface area contributed by atoms with Crippen LogP contribution in [0.1, 0.15) is 23.7 Å². The van der Waals surface area contributed by atoms with E-state index in [0.717, 1.165) is 23.0 Å². The van der Waals surface area contributed by atoms with E-state index in [2.05, 4.69) is 26.1 Å². The SMILES string of the molecule is O=C(Cc1ccccc1Br)N1CC[C@H](c2ncon2)C1. The van der Waals surface area contributed by atoms with Crippen LogP contribution in [0, 0.1) is 0 Å². The summed E-state index contributed by atoms with van der Waals surface area (Å²) in [5.41, 5.74) is 1.01. The highest BCUT2D eigenvalue weighted by Gasteiger charge is 2.29. The summed E-state index contributed by atoms with van der Waals surface area (Å²) in [6.07, 6.45) is 2.64. The van der Waals surface area contributed by atoms with Crippen molar-refractivity contribution < 1.29 is 9.32 Å². The van der Waals surface area contributed by atoms with E-state index in [1.807, 2.05) is 29.2 Å².